The van der Waals surface area contributed by atoms with Crippen LogP contribution in [-0.2, 0) is 21.1 Å². The van der Waals surface area contributed by atoms with Gasteiger partial charge in [0.25, 0.3) is 5.91 Å². The van der Waals surface area contributed by atoms with Gasteiger partial charge in [0.2, 0.25) is 0 Å². The van der Waals surface area contributed by atoms with Crippen LogP contribution in [0.4, 0.5) is 0 Å². The van der Waals surface area contributed by atoms with Crippen LogP contribution in [0.3, 0.4) is 0 Å². The van der Waals surface area contributed by atoms with Crippen LogP contribution in [0, 0.1) is 0 Å². The van der Waals surface area contributed by atoms with Gasteiger partial charge in [-0.05, 0) is 37.5 Å². The van der Waals surface area contributed by atoms with Crippen molar-refractivity contribution in [3.63, 3.8) is 0 Å². The van der Waals surface area contributed by atoms with Crippen molar-refractivity contribution in [2.75, 3.05) is 6.26 Å². The van der Waals surface area contributed by atoms with Gasteiger partial charge in [-0.15, -0.1) is 0 Å². The lowest BCUT2D eigenvalue weighted by Crippen LogP contribution is -2.52. The van der Waals surface area contributed by atoms with Crippen molar-refractivity contribution < 1.29 is 23.1 Å². The Kier molecular flexibility index (Phi) is 5.93. The Morgan fingerprint density at radius 1 is 1.26 bits per heavy atom. The monoisotopic (exact) mass is 341 g/mol. The zero-order valence-electron chi connectivity index (χ0n) is 13.8. The van der Waals surface area contributed by atoms with Gasteiger partial charge in [-0.3, -0.25) is 4.79 Å². The molecule has 6 nitrogen and oxygen atoms in total. The summed E-state index contributed by atoms with van der Waals surface area (Å²) in [6.45, 7) is 5.09. The van der Waals surface area contributed by atoms with Gasteiger partial charge in [-0.1, -0.05) is 26.3 Å². The Balaban J connectivity index is 3.22. The number of carboxylic acids is 1. The van der Waals surface area contributed by atoms with Crippen molar-refractivity contribution in [2.45, 2.75) is 50.5 Å². The molecule has 1 rings (SSSR count). The number of rotatable bonds is 7. The van der Waals surface area contributed by atoms with Gasteiger partial charge in [-0.25, -0.2) is 13.2 Å². The Morgan fingerprint density at radius 3 is 2.30 bits per heavy atom. The molecule has 2 N–H and O–H groups in total. The number of carbonyl (C=O) groups excluding carboxylic acids is 1. The van der Waals surface area contributed by atoms with Crippen molar-refractivity contribution in [2.24, 2.45) is 0 Å². The van der Waals surface area contributed by atoms with Gasteiger partial charge in [0.1, 0.15) is 5.54 Å². The van der Waals surface area contributed by atoms with Crippen molar-refractivity contribution in [1.82, 2.24) is 5.32 Å². The van der Waals surface area contributed by atoms with E-state index in [2.05, 4.69) is 5.32 Å². The number of benzene rings is 1. The molecule has 0 aliphatic heterocycles. The number of carboxylic acid groups (broad SMARTS) is 1. The predicted molar refractivity (Wildman–Crippen MR) is 87.3 cm³/mol. The molecule has 1 aromatic carbocycles. The summed E-state index contributed by atoms with van der Waals surface area (Å²) in [6, 6.07) is 4.40. The summed E-state index contributed by atoms with van der Waals surface area (Å²) in [6.07, 6.45) is 2.47. The summed E-state index contributed by atoms with van der Waals surface area (Å²) in [5.74, 6) is -1.72. The summed E-state index contributed by atoms with van der Waals surface area (Å²) in [4.78, 5) is 23.8. The molecule has 7 heteroatoms. The van der Waals surface area contributed by atoms with Crippen LogP contribution in [-0.4, -0.2) is 37.2 Å². The summed E-state index contributed by atoms with van der Waals surface area (Å²) < 4.78 is 23.7. The number of hydrogen-bond donors (Lipinski definition) is 2. The predicted octanol–water partition coefficient (Wildman–Crippen LogP) is 2.03. The summed E-state index contributed by atoms with van der Waals surface area (Å²) in [5.41, 5.74) is -0.634. The minimum atomic E-state index is -3.47. The van der Waals surface area contributed by atoms with Gasteiger partial charge in [0, 0.05) is 11.8 Å². The Labute approximate surface area is 136 Å². The van der Waals surface area contributed by atoms with Gasteiger partial charge >= 0.3 is 5.97 Å². The van der Waals surface area contributed by atoms with Crippen LogP contribution in [0.15, 0.2) is 23.1 Å². The average Bonchev–Trinajstić information content (AvgIpc) is 2.45. The fourth-order valence-electron chi connectivity index (χ4n) is 2.38. The summed E-state index contributed by atoms with van der Waals surface area (Å²) in [5, 5.41) is 11.8. The molecule has 1 atom stereocenters. The highest BCUT2D eigenvalue weighted by Gasteiger charge is 2.34. The van der Waals surface area contributed by atoms with E-state index in [1.165, 1.54) is 19.1 Å². The minimum absolute atomic E-state index is 0.0974. The maximum absolute atomic E-state index is 12.3. The van der Waals surface area contributed by atoms with E-state index in [0.29, 0.717) is 18.4 Å². The van der Waals surface area contributed by atoms with Crippen LogP contribution in [0.25, 0.3) is 0 Å². The zero-order chi connectivity index (χ0) is 17.8. The first kappa shape index (κ1) is 19.2. The lowest BCUT2D eigenvalue weighted by Gasteiger charge is -2.26. The van der Waals surface area contributed by atoms with E-state index in [9.17, 15) is 23.1 Å². The minimum Gasteiger partial charge on any atom is -0.480 e. The van der Waals surface area contributed by atoms with Crippen molar-refractivity contribution in [1.29, 1.82) is 0 Å². The van der Waals surface area contributed by atoms with Gasteiger partial charge in [0.05, 0.1) is 4.90 Å². The number of carbonyl (C=O) groups is 2. The first-order valence-corrected chi connectivity index (χ1v) is 9.33. The van der Waals surface area contributed by atoms with Crippen LogP contribution < -0.4 is 5.32 Å². The number of sulfone groups is 1. The quantitative estimate of drug-likeness (QED) is 0.790. The number of nitrogens with one attached hydrogen (secondary N) is 1. The third-order valence-electron chi connectivity index (χ3n) is 3.72. The molecule has 0 bridgehead atoms. The fourth-order valence-corrected chi connectivity index (χ4v) is 3.41. The molecule has 0 saturated heterocycles. The highest BCUT2D eigenvalue weighted by atomic mass is 32.2. The van der Waals surface area contributed by atoms with Gasteiger partial charge in [0.15, 0.2) is 9.84 Å². The van der Waals surface area contributed by atoms with E-state index >= 15 is 0 Å². The Bertz CT molecular complexity index is 711. The molecule has 23 heavy (non-hydrogen) atoms. The standard InChI is InChI=1S/C16H23NO5S/c1-5-9-16(3,15(19)20)17-14(18)12-8-7-11(6-2)13(10-12)23(4,21)22/h7-8,10H,5-6,9H2,1-4H3,(H,17,18)(H,19,20). The number of amides is 1. The Morgan fingerprint density at radius 2 is 1.87 bits per heavy atom. The van der Waals surface area contributed by atoms with E-state index in [1.54, 1.807) is 6.07 Å². The molecule has 0 aliphatic rings. The second-order valence-electron chi connectivity index (χ2n) is 5.79. The van der Waals surface area contributed by atoms with Gasteiger partial charge in [-0.2, -0.15) is 0 Å². The van der Waals surface area contributed by atoms with Crippen molar-refractivity contribution in [3.05, 3.63) is 29.3 Å². The lowest BCUT2D eigenvalue weighted by molar-refractivity contribution is -0.144. The first-order chi connectivity index (χ1) is 10.5. The zero-order valence-corrected chi connectivity index (χ0v) is 14.7. The smallest absolute Gasteiger partial charge is 0.329 e. The Hall–Kier alpha value is -1.89. The first-order valence-electron chi connectivity index (χ1n) is 7.44. The molecular formula is C16H23NO5S. The van der Waals surface area contributed by atoms with Crippen LogP contribution in [0.5, 0.6) is 0 Å². The maximum Gasteiger partial charge on any atom is 0.329 e. The molecule has 0 fully saturated rings. The van der Waals surface area contributed by atoms with E-state index in [0.717, 1.165) is 6.26 Å². The highest BCUT2D eigenvalue weighted by molar-refractivity contribution is 7.90. The van der Waals surface area contributed by atoms with E-state index < -0.39 is 27.3 Å². The number of aliphatic carboxylic acids is 1. The molecule has 1 aromatic rings. The molecule has 0 radical (unpaired) electrons. The SMILES string of the molecule is CCCC(C)(NC(=O)c1ccc(CC)c(S(C)(=O)=O)c1)C(=O)O. The largest absolute Gasteiger partial charge is 0.480 e. The molecule has 0 saturated carbocycles. The molecule has 0 aromatic heterocycles. The third-order valence-corrected chi connectivity index (χ3v) is 4.90. The lowest BCUT2D eigenvalue weighted by atomic mass is 9.95. The van der Waals surface area contributed by atoms with Crippen molar-refractivity contribution >= 4 is 21.7 Å². The number of hydrogen-bond acceptors (Lipinski definition) is 4. The van der Waals surface area contributed by atoms with E-state index in [1.807, 2.05) is 13.8 Å². The average molecular weight is 341 g/mol. The molecule has 0 spiro atoms. The maximum atomic E-state index is 12.3. The topological polar surface area (TPSA) is 101 Å². The molecule has 0 heterocycles. The molecular weight excluding hydrogens is 318 g/mol. The highest BCUT2D eigenvalue weighted by Crippen LogP contribution is 2.20. The fraction of sp³-hybridized carbons (Fsp3) is 0.500. The molecule has 1 unspecified atom stereocenters. The van der Waals surface area contributed by atoms with Crippen molar-refractivity contribution in [3.8, 4) is 0 Å². The second kappa shape index (κ2) is 7.12. The summed E-state index contributed by atoms with van der Waals surface area (Å²) >= 11 is 0. The van der Waals surface area contributed by atoms with E-state index in [4.69, 9.17) is 0 Å². The molecule has 128 valence electrons. The normalized spacial score (nSPS) is 14.1. The third kappa shape index (κ3) is 4.54. The van der Waals surface area contributed by atoms with Crippen LogP contribution in [0.1, 0.15) is 49.5 Å². The molecule has 0 aliphatic carbocycles. The summed E-state index contributed by atoms with van der Waals surface area (Å²) in [7, 11) is -3.47. The van der Waals surface area contributed by atoms with E-state index in [-0.39, 0.29) is 16.9 Å². The second-order valence-corrected chi connectivity index (χ2v) is 7.77. The molecule has 1 amide bonds. The van der Waals surface area contributed by atoms with Crippen LogP contribution in [0.2, 0.25) is 0 Å². The number of aryl methyl sites for hydroxylation is 1. The van der Waals surface area contributed by atoms with Crippen LogP contribution >= 0.6 is 0 Å². The van der Waals surface area contributed by atoms with Gasteiger partial charge < -0.3 is 10.4 Å².